The zero-order valence-corrected chi connectivity index (χ0v) is 13.4. The Labute approximate surface area is 128 Å². The zero-order valence-electron chi connectivity index (χ0n) is 10.2. The van der Waals surface area contributed by atoms with Crippen molar-refractivity contribution in [3.63, 3.8) is 0 Å². The normalized spacial score (nSPS) is 11.7. The van der Waals surface area contributed by atoms with Gasteiger partial charge in [0, 0.05) is 14.5 Å². The van der Waals surface area contributed by atoms with E-state index in [1.807, 2.05) is 0 Å². The predicted octanol–water partition coefficient (Wildman–Crippen LogP) is 3.36. The molecule has 0 spiro atoms. The number of amides is 1. The first-order valence-corrected chi connectivity index (χ1v) is 7.02. The fourth-order valence-corrected chi connectivity index (χ4v) is 2.77. The van der Waals surface area contributed by atoms with E-state index in [1.54, 1.807) is 25.1 Å². The third kappa shape index (κ3) is 5.16. The van der Waals surface area contributed by atoms with E-state index >= 15 is 0 Å². The number of rotatable bonds is 5. The van der Waals surface area contributed by atoms with Gasteiger partial charge in [0.25, 0.3) is 5.91 Å². The summed E-state index contributed by atoms with van der Waals surface area (Å²) in [4.78, 5) is 23.1. The highest BCUT2D eigenvalue weighted by Crippen LogP contribution is 2.20. The molecule has 1 aromatic carbocycles. The molecule has 0 saturated carbocycles. The molecule has 0 aromatic heterocycles. The van der Waals surface area contributed by atoms with Gasteiger partial charge in [0.15, 0.2) is 0 Å². The van der Waals surface area contributed by atoms with Crippen LogP contribution in [0.1, 0.15) is 23.7 Å². The number of carbonyl (C=O) groups excluding carboxylic acids is 1. The summed E-state index contributed by atoms with van der Waals surface area (Å²) in [7, 11) is 0. The maximum atomic E-state index is 12.0. The highest BCUT2D eigenvalue weighted by molar-refractivity contribution is 9.11. The van der Waals surface area contributed by atoms with Crippen LogP contribution in [0, 0.1) is 0 Å². The molecule has 1 atom stereocenters. The Kier molecular flexibility index (Phi) is 5.75. The highest BCUT2D eigenvalue weighted by atomic mass is 79.9. The molecular formula is C13H13Br2NO3. The Hall–Kier alpha value is -1.14. The first-order valence-electron chi connectivity index (χ1n) is 5.43. The van der Waals surface area contributed by atoms with Crippen LogP contribution in [-0.2, 0) is 4.79 Å². The van der Waals surface area contributed by atoms with Gasteiger partial charge in [0.2, 0.25) is 0 Å². The first kappa shape index (κ1) is 15.9. The molecule has 0 fully saturated rings. The molecule has 0 saturated heterocycles. The SMILES string of the molecule is C=C(C)C[C@@H](NC(=O)c1cc(Br)cc(Br)c1)C(=O)O. The van der Waals surface area contributed by atoms with E-state index in [1.165, 1.54) is 0 Å². The number of hydrogen-bond donors (Lipinski definition) is 2. The van der Waals surface area contributed by atoms with Crippen LogP contribution < -0.4 is 5.32 Å². The van der Waals surface area contributed by atoms with Gasteiger partial charge in [0.1, 0.15) is 6.04 Å². The van der Waals surface area contributed by atoms with Crippen LogP contribution >= 0.6 is 31.9 Å². The van der Waals surface area contributed by atoms with Crippen LogP contribution in [0.5, 0.6) is 0 Å². The monoisotopic (exact) mass is 389 g/mol. The van der Waals surface area contributed by atoms with Crippen molar-refractivity contribution < 1.29 is 14.7 Å². The van der Waals surface area contributed by atoms with Gasteiger partial charge in [-0.15, -0.1) is 6.58 Å². The molecule has 6 heteroatoms. The van der Waals surface area contributed by atoms with E-state index in [0.717, 1.165) is 8.95 Å². The van der Waals surface area contributed by atoms with E-state index in [4.69, 9.17) is 5.11 Å². The van der Waals surface area contributed by atoms with Gasteiger partial charge >= 0.3 is 5.97 Å². The van der Waals surface area contributed by atoms with Crippen LogP contribution in [0.25, 0.3) is 0 Å². The molecular weight excluding hydrogens is 378 g/mol. The second-order valence-electron chi connectivity index (χ2n) is 4.18. The third-order valence-electron chi connectivity index (χ3n) is 2.28. The van der Waals surface area contributed by atoms with Crippen molar-refractivity contribution in [1.82, 2.24) is 5.32 Å². The Bertz CT molecular complexity index is 508. The third-order valence-corrected chi connectivity index (χ3v) is 3.20. The standard InChI is InChI=1S/C13H13Br2NO3/c1-7(2)3-11(13(18)19)16-12(17)8-4-9(14)6-10(15)5-8/h4-6,11H,1,3H2,2H3,(H,16,17)(H,18,19)/t11-/m1/s1. The fraction of sp³-hybridized carbons (Fsp3) is 0.231. The number of carboxylic acids is 1. The van der Waals surface area contributed by atoms with Crippen molar-refractivity contribution in [3.05, 3.63) is 44.9 Å². The second kappa shape index (κ2) is 6.86. The number of benzene rings is 1. The van der Waals surface area contributed by atoms with Crippen molar-refractivity contribution >= 4 is 43.7 Å². The number of carbonyl (C=O) groups is 2. The quantitative estimate of drug-likeness (QED) is 0.757. The minimum atomic E-state index is -1.08. The summed E-state index contributed by atoms with van der Waals surface area (Å²) in [6, 6.07) is 4.07. The minimum Gasteiger partial charge on any atom is -0.480 e. The van der Waals surface area contributed by atoms with Gasteiger partial charge < -0.3 is 10.4 Å². The first-order chi connectivity index (χ1) is 8.79. The van der Waals surface area contributed by atoms with E-state index in [0.29, 0.717) is 11.1 Å². The van der Waals surface area contributed by atoms with Gasteiger partial charge in [0.05, 0.1) is 0 Å². The smallest absolute Gasteiger partial charge is 0.326 e. The molecule has 0 aliphatic carbocycles. The lowest BCUT2D eigenvalue weighted by molar-refractivity contribution is -0.139. The van der Waals surface area contributed by atoms with Crippen molar-refractivity contribution in [2.24, 2.45) is 0 Å². The van der Waals surface area contributed by atoms with E-state index in [2.05, 4.69) is 43.8 Å². The summed E-state index contributed by atoms with van der Waals surface area (Å²) in [5, 5.41) is 11.5. The Morgan fingerprint density at radius 1 is 1.32 bits per heavy atom. The van der Waals surface area contributed by atoms with Crippen molar-refractivity contribution in [2.45, 2.75) is 19.4 Å². The average Bonchev–Trinajstić information content (AvgIpc) is 2.25. The number of aliphatic carboxylic acids is 1. The Morgan fingerprint density at radius 2 is 1.84 bits per heavy atom. The summed E-state index contributed by atoms with van der Waals surface area (Å²) in [5.41, 5.74) is 1.08. The van der Waals surface area contributed by atoms with Gasteiger partial charge in [-0.25, -0.2) is 4.79 Å². The molecule has 102 valence electrons. The van der Waals surface area contributed by atoms with Gasteiger partial charge in [-0.2, -0.15) is 0 Å². The summed E-state index contributed by atoms with van der Waals surface area (Å²) >= 11 is 6.55. The van der Waals surface area contributed by atoms with Gasteiger partial charge in [-0.1, -0.05) is 37.4 Å². The fourth-order valence-electron chi connectivity index (χ4n) is 1.48. The molecule has 2 N–H and O–H groups in total. The number of hydrogen-bond acceptors (Lipinski definition) is 2. The molecule has 0 bridgehead atoms. The summed E-state index contributed by atoms with van der Waals surface area (Å²) in [6.45, 7) is 5.38. The number of nitrogens with one attached hydrogen (secondary N) is 1. The molecule has 4 nitrogen and oxygen atoms in total. The van der Waals surface area contributed by atoms with E-state index in [9.17, 15) is 9.59 Å². The van der Waals surface area contributed by atoms with E-state index < -0.39 is 17.9 Å². The zero-order chi connectivity index (χ0) is 14.6. The Morgan fingerprint density at radius 3 is 2.26 bits per heavy atom. The van der Waals surface area contributed by atoms with Crippen LogP contribution in [0.3, 0.4) is 0 Å². The average molecular weight is 391 g/mol. The number of carboxylic acid groups (broad SMARTS) is 1. The summed E-state index contributed by atoms with van der Waals surface area (Å²) in [6.07, 6.45) is 0.205. The van der Waals surface area contributed by atoms with Gasteiger partial charge in [-0.3, -0.25) is 4.79 Å². The number of halogens is 2. The Balaban J connectivity index is 2.87. The van der Waals surface area contributed by atoms with Crippen molar-refractivity contribution in [3.8, 4) is 0 Å². The maximum Gasteiger partial charge on any atom is 0.326 e. The van der Waals surface area contributed by atoms with Crippen LogP contribution in [-0.4, -0.2) is 23.0 Å². The molecule has 0 heterocycles. The second-order valence-corrected chi connectivity index (χ2v) is 6.01. The minimum absolute atomic E-state index is 0.205. The predicted molar refractivity (Wildman–Crippen MR) is 80.2 cm³/mol. The molecule has 0 aliphatic rings. The lowest BCUT2D eigenvalue weighted by Gasteiger charge is -2.14. The van der Waals surface area contributed by atoms with Crippen LogP contribution in [0.4, 0.5) is 0 Å². The molecule has 1 rings (SSSR count). The van der Waals surface area contributed by atoms with Crippen molar-refractivity contribution in [2.75, 3.05) is 0 Å². The summed E-state index contributed by atoms with van der Waals surface area (Å²) in [5.74, 6) is -1.51. The molecule has 0 unspecified atom stereocenters. The van der Waals surface area contributed by atoms with Crippen LogP contribution in [0.2, 0.25) is 0 Å². The lowest BCUT2D eigenvalue weighted by Crippen LogP contribution is -2.40. The molecule has 1 amide bonds. The van der Waals surface area contributed by atoms with Crippen LogP contribution in [0.15, 0.2) is 39.3 Å². The lowest BCUT2D eigenvalue weighted by atomic mass is 10.1. The molecule has 1 aromatic rings. The largest absolute Gasteiger partial charge is 0.480 e. The van der Waals surface area contributed by atoms with Gasteiger partial charge in [-0.05, 0) is 31.5 Å². The van der Waals surface area contributed by atoms with Crippen molar-refractivity contribution in [1.29, 1.82) is 0 Å². The van der Waals surface area contributed by atoms with E-state index in [-0.39, 0.29) is 6.42 Å². The molecule has 19 heavy (non-hydrogen) atoms. The maximum absolute atomic E-state index is 12.0. The highest BCUT2D eigenvalue weighted by Gasteiger charge is 2.20. The summed E-state index contributed by atoms with van der Waals surface area (Å²) < 4.78 is 1.47. The molecule has 0 radical (unpaired) electrons. The molecule has 0 aliphatic heterocycles. The topological polar surface area (TPSA) is 66.4 Å².